The lowest BCUT2D eigenvalue weighted by Crippen LogP contribution is -2.01. The molecule has 0 radical (unpaired) electrons. The van der Waals surface area contributed by atoms with Gasteiger partial charge in [-0.2, -0.15) is 0 Å². The average molecular weight is 385 g/mol. The molecule has 3 N–H and O–H groups in total. The minimum absolute atomic E-state index is 0.541. The van der Waals surface area contributed by atoms with E-state index in [0.717, 1.165) is 23.2 Å². The molecule has 0 unspecified atom stereocenters. The van der Waals surface area contributed by atoms with Crippen molar-refractivity contribution in [3.05, 3.63) is 41.7 Å². The predicted octanol–water partition coefficient (Wildman–Crippen LogP) is 4.80. The second-order valence-electron chi connectivity index (χ2n) is 6.59. The van der Waals surface area contributed by atoms with Gasteiger partial charge in [-0.1, -0.05) is 11.6 Å². The second kappa shape index (κ2) is 7.48. The van der Waals surface area contributed by atoms with Gasteiger partial charge >= 0.3 is 0 Å². The third kappa shape index (κ3) is 4.01. The lowest BCUT2D eigenvalue weighted by molar-refractivity contribution is 0.300. The van der Waals surface area contributed by atoms with Gasteiger partial charge in [-0.05, 0) is 49.9 Å². The van der Waals surface area contributed by atoms with Crippen LogP contribution in [-0.4, -0.2) is 23.2 Å². The molecule has 1 aromatic heterocycles. The van der Waals surface area contributed by atoms with Crippen molar-refractivity contribution in [3.8, 4) is 11.5 Å². The van der Waals surface area contributed by atoms with E-state index in [-0.39, 0.29) is 0 Å². The Morgan fingerprint density at radius 2 is 2.00 bits per heavy atom. The van der Waals surface area contributed by atoms with Gasteiger partial charge in [-0.25, -0.2) is 9.97 Å². The molecule has 4 rings (SSSR count). The molecule has 0 amide bonds. The number of benzene rings is 2. The number of aromatic nitrogens is 2. The van der Waals surface area contributed by atoms with Crippen molar-refractivity contribution < 1.29 is 9.47 Å². The summed E-state index contributed by atoms with van der Waals surface area (Å²) < 4.78 is 11.3. The molecular weight excluding hydrogens is 364 g/mol. The highest BCUT2D eigenvalue weighted by Crippen LogP contribution is 2.35. The SMILES string of the molecule is CCOc1cc2ncnc(Nc3ccc(OCC4CC4)c(Cl)c3)c2cc1N. The van der Waals surface area contributed by atoms with E-state index in [4.69, 9.17) is 26.8 Å². The Labute approximate surface area is 162 Å². The van der Waals surface area contributed by atoms with Gasteiger partial charge in [0.05, 0.1) is 29.4 Å². The lowest BCUT2D eigenvalue weighted by atomic mass is 10.2. The van der Waals surface area contributed by atoms with Crippen LogP contribution in [0.3, 0.4) is 0 Å². The van der Waals surface area contributed by atoms with Crippen LogP contribution in [0.4, 0.5) is 17.2 Å². The van der Waals surface area contributed by atoms with Crippen LogP contribution in [0.2, 0.25) is 5.02 Å². The summed E-state index contributed by atoms with van der Waals surface area (Å²) in [5, 5.41) is 4.66. The third-order valence-electron chi connectivity index (χ3n) is 4.43. The Morgan fingerprint density at radius 1 is 1.15 bits per heavy atom. The summed E-state index contributed by atoms with van der Waals surface area (Å²) in [6.07, 6.45) is 3.99. The van der Waals surface area contributed by atoms with E-state index in [2.05, 4.69) is 15.3 Å². The molecule has 140 valence electrons. The number of fused-ring (bicyclic) bond motifs is 1. The molecule has 0 saturated heterocycles. The summed E-state index contributed by atoms with van der Waals surface area (Å²) in [5.41, 5.74) is 8.20. The van der Waals surface area contributed by atoms with E-state index < -0.39 is 0 Å². The first-order chi connectivity index (χ1) is 13.1. The minimum atomic E-state index is 0.541. The van der Waals surface area contributed by atoms with E-state index in [1.165, 1.54) is 19.2 Å². The summed E-state index contributed by atoms with van der Waals surface area (Å²) in [4.78, 5) is 8.66. The fourth-order valence-corrected chi connectivity index (χ4v) is 3.04. The molecule has 7 heteroatoms. The average Bonchev–Trinajstić information content (AvgIpc) is 3.47. The van der Waals surface area contributed by atoms with Crippen LogP contribution >= 0.6 is 11.6 Å². The molecule has 1 saturated carbocycles. The Kier molecular flexibility index (Phi) is 4.90. The van der Waals surface area contributed by atoms with Crippen molar-refractivity contribution in [3.63, 3.8) is 0 Å². The number of hydrogen-bond donors (Lipinski definition) is 2. The van der Waals surface area contributed by atoms with Gasteiger partial charge in [0.2, 0.25) is 0 Å². The monoisotopic (exact) mass is 384 g/mol. The smallest absolute Gasteiger partial charge is 0.144 e. The number of nitrogen functional groups attached to an aromatic ring is 1. The van der Waals surface area contributed by atoms with Crippen molar-refractivity contribution in [2.24, 2.45) is 5.92 Å². The van der Waals surface area contributed by atoms with Gasteiger partial charge in [0.25, 0.3) is 0 Å². The zero-order valence-corrected chi connectivity index (χ0v) is 15.8. The molecule has 0 aliphatic heterocycles. The first-order valence-electron chi connectivity index (χ1n) is 9.00. The number of halogens is 1. The Balaban J connectivity index is 1.59. The Bertz CT molecular complexity index is 976. The number of nitrogens with one attached hydrogen (secondary N) is 1. The zero-order chi connectivity index (χ0) is 18.8. The molecule has 0 atom stereocenters. The summed E-state index contributed by atoms with van der Waals surface area (Å²) in [6, 6.07) is 9.26. The highest BCUT2D eigenvalue weighted by molar-refractivity contribution is 6.32. The zero-order valence-electron chi connectivity index (χ0n) is 15.0. The number of hydrogen-bond acceptors (Lipinski definition) is 6. The standard InChI is InChI=1S/C20H21ClN4O2/c1-2-26-19-9-17-14(8-16(19)22)20(24-11-23-17)25-13-5-6-18(15(21)7-13)27-10-12-3-4-12/h5-9,11-12H,2-4,10,22H2,1H3,(H,23,24,25). The molecular formula is C20H21ClN4O2. The third-order valence-corrected chi connectivity index (χ3v) is 4.73. The van der Waals surface area contributed by atoms with Crippen molar-refractivity contribution in [2.45, 2.75) is 19.8 Å². The largest absolute Gasteiger partial charge is 0.492 e. The summed E-state index contributed by atoms with van der Waals surface area (Å²) >= 11 is 6.36. The highest BCUT2D eigenvalue weighted by Gasteiger charge is 2.22. The number of anilines is 3. The van der Waals surface area contributed by atoms with Gasteiger partial charge in [-0.3, -0.25) is 0 Å². The van der Waals surface area contributed by atoms with Crippen LogP contribution < -0.4 is 20.5 Å². The summed E-state index contributed by atoms with van der Waals surface area (Å²) in [7, 11) is 0. The molecule has 6 nitrogen and oxygen atoms in total. The lowest BCUT2D eigenvalue weighted by Gasteiger charge is -2.13. The first kappa shape index (κ1) is 17.7. The molecule has 27 heavy (non-hydrogen) atoms. The Hall–Kier alpha value is -2.73. The van der Waals surface area contributed by atoms with Crippen molar-refractivity contribution in [1.29, 1.82) is 0 Å². The van der Waals surface area contributed by atoms with E-state index in [9.17, 15) is 0 Å². The molecule has 3 aromatic rings. The van der Waals surface area contributed by atoms with E-state index in [1.807, 2.05) is 37.3 Å². The highest BCUT2D eigenvalue weighted by atomic mass is 35.5. The molecule has 0 spiro atoms. The van der Waals surface area contributed by atoms with Crippen molar-refractivity contribution in [2.75, 3.05) is 24.3 Å². The first-order valence-corrected chi connectivity index (χ1v) is 9.38. The van der Waals surface area contributed by atoms with Crippen LogP contribution in [0.25, 0.3) is 10.9 Å². The molecule has 1 aliphatic rings. The molecule has 1 fully saturated rings. The van der Waals surface area contributed by atoms with Crippen LogP contribution in [0.15, 0.2) is 36.7 Å². The molecule has 2 aromatic carbocycles. The fourth-order valence-electron chi connectivity index (χ4n) is 2.81. The fraction of sp³-hybridized carbons (Fsp3) is 0.300. The van der Waals surface area contributed by atoms with Crippen LogP contribution in [0, 0.1) is 5.92 Å². The van der Waals surface area contributed by atoms with Crippen LogP contribution in [-0.2, 0) is 0 Å². The van der Waals surface area contributed by atoms with Crippen molar-refractivity contribution in [1.82, 2.24) is 9.97 Å². The normalized spacial score (nSPS) is 13.6. The van der Waals surface area contributed by atoms with Gasteiger partial charge in [-0.15, -0.1) is 0 Å². The maximum absolute atomic E-state index is 6.36. The molecule has 1 aliphatic carbocycles. The van der Waals surface area contributed by atoms with Gasteiger partial charge in [0.15, 0.2) is 0 Å². The maximum atomic E-state index is 6.36. The van der Waals surface area contributed by atoms with E-state index >= 15 is 0 Å². The quantitative estimate of drug-likeness (QED) is 0.569. The van der Waals surface area contributed by atoms with Crippen LogP contribution in [0.1, 0.15) is 19.8 Å². The summed E-state index contributed by atoms with van der Waals surface area (Å²) in [5.74, 6) is 2.65. The number of nitrogens with zero attached hydrogens (tertiary/aromatic N) is 2. The topological polar surface area (TPSA) is 82.3 Å². The number of nitrogens with two attached hydrogens (primary N) is 1. The molecule has 0 bridgehead atoms. The van der Waals surface area contributed by atoms with Gasteiger partial charge in [0.1, 0.15) is 23.6 Å². The predicted molar refractivity (Wildman–Crippen MR) is 108 cm³/mol. The summed E-state index contributed by atoms with van der Waals surface area (Å²) in [6.45, 7) is 3.18. The molecule has 1 heterocycles. The van der Waals surface area contributed by atoms with Crippen LogP contribution in [0.5, 0.6) is 11.5 Å². The maximum Gasteiger partial charge on any atom is 0.144 e. The minimum Gasteiger partial charge on any atom is -0.492 e. The van der Waals surface area contributed by atoms with E-state index in [0.29, 0.717) is 40.6 Å². The Morgan fingerprint density at radius 3 is 2.74 bits per heavy atom. The van der Waals surface area contributed by atoms with E-state index in [1.54, 1.807) is 0 Å². The number of rotatable bonds is 7. The van der Waals surface area contributed by atoms with Gasteiger partial charge in [0, 0.05) is 17.1 Å². The second-order valence-corrected chi connectivity index (χ2v) is 6.99. The number of ether oxygens (including phenoxy) is 2. The van der Waals surface area contributed by atoms with Gasteiger partial charge < -0.3 is 20.5 Å². The van der Waals surface area contributed by atoms with Crippen molar-refractivity contribution >= 4 is 39.7 Å².